The Morgan fingerprint density at radius 2 is 1.70 bits per heavy atom. The minimum Gasteiger partial charge on any atom is -0.246 e. The Kier molecular flexibility index (Phi) is 2.22. The van der Waals surface area contributed by atoms with Crippen LogP contribution in [-0.2, 0) is 7.05 Å². The number of allylic oxidation sites excluding steroid dienone is 2. The van der Waals surface area contributed by atoms with E-state index in [-0.39, 0.29) is 23.5 Å². The molecule has 5 nitrogen and oxygen atoms in total. The zero-order valence-electron chi connectivity index (χ0n) is 11.2. The summed E-state index contributed by atoms with van der Waals surface area (Å²) in [7, 11) is 1.55. The molecule has 0 unspecified atom stereocenters. The lowest BCUT2D eigenvalue weighted by atomic mass is 9.85. The summed E-state index contributed by atoms with van der Waals surface area (Å²) in [5.74, 6) is 0. The second kappa shape index (κ2) is 3.85. The van der Waals surface area contributed by atoms with Crippen molar-refractivity contribution in [3.8, 4) is 0 Å². The summed E-state index contributed by atoms with van der Waals surface area (Å²) in [6.07, 6.45) is 3.98. The Hall–Kier alpha value is -2.30. The molecule has 2 aliphatic heterocycles. The van der Waals surface area contributed by atoms with Crippen LogP contribution in [0.1, 0.15) is 30.5 Å². The van der Waals surface area contributed by atoms with E-state index in [9.17, 15) is 9.59 Å². The van der Waals surface area contributed by atoms with Gasteiger partial charge < -0.3 is 0 Å². The lowest BCUT2D eigenvalue weighted by Crippen LogP contribution is -2.40. The Labute approximate surface area is 115 Å². The number of benzene rings is 1. The van der Waals surface area contributed by atoms with Gasteiger partial charge in [0.1, 0.15) is 0 Å². The molecular formula is C15H15N3O2. The van der Waals surface area contributed by atoms with Crippen LogP contribution in [0.15, 0.2) is 46.0 Å². The van der Waals surface area contributed by atoms with Crippen LogP contribution in [-0.4, -0.2) is 13.9 Å². The molecular weight excluding hydrogens is 254 g/mol. The molecule has 1 aromatic heterocycles. The van der Waals surface area contributed by atoms with Crippen LogP contribution >= 0.6 is 0 Å². The Balaban J connectivity index is 1.96. The van der Waals surface area contributed by atoms with E-state index < -0.39 is 0 Å². The van der Waals surface area contributed by atoms with Crippen LogP contribution in [0, 0.1) is 0 Å². The van der Waals surface area contributed by atoms with Crippen molar-refractivity contribution in [2.24, 2.45) is 7.05 Å². The van der Waals surface area contributed by atoms with Crippen molar-refractivity contribution in [3.05, 3.63) is 62.9 Å². The van der Waals surface area contributed by atoms with Gasteiger partial charge in [-0.3, -0.25) is 0 Å². The molecule has 5 rings (SSSR count). The van der Waals surface area contributed by atoms with E-state index in [1.54, 1.807) is 16.4 Å². The third-order valence-corrected chi connectivity index (χ3v) is 4.38. The monoisotopic (exact) mass is 269 g/mol. The standard InChI is InChI=1S/C15H15N3O2/c1-16-14(19)17-11-7-8-13(18(17)15(16)20)12(9-11)10-5-3-2-4-6-10/h2-6,9,11,13H,7-8H2,1H3/t11-,13+/m1/s1. The van der Waals surface area contributed by atoms with E-state index in [1.807, 2.05) is 18.2 Å². The van der Waals surface area contributed by atoms with E-state index >= 15 is 0 Å². The van der Waals surface area contributed by atoms with Gasteiger partial charge in [-0.25, -0.2) is 23.5 Å². The van der Waals surface area contributed by atoms with Crippen molar-refractivity contribution in [1.82, 2.24) is 13.9 Å². The SMILES string of the molecule is Cn1c(=O)n2n(c1=O)[C@H]1CC[C@@H]2C=C1c1ccccc1. The first-order valence-electron chi connectivity index (χ1n) is 6.85. The summed E-state index contributed by atoms with van der Waals surface area (Å²) >= 11 is 0. The number of hydrogen-bond acceptors (Lipinski definition) is 2. The van der Waals surface area contributed by atoms with Gasteiger partial charge in [0.05, 0.1) is 12.1 Å². The third-order valence-electron chi connectivity index (χ3n) is 4.38. The van der Waals surface area contributed by atoms with Gasteiger partial charge in [-0.1, -0.05) is 36.4 Å². The maximum atomic E-state index is 12.3. The van der Waals surface area contributed by atoms with Crippen molar-refractivity contribution < 1.29 is 0 Å². The molecule has 2 bridgehead atoms. The fraction of sp³-hybridized carbons (Fsp3) is 0.333. The zero-order valence-corrected chi connectivity index (χ0v) is 11.2. The van der Waals surface area contributed by atoms with Gasteiger partial charge in [-0.2, -0.15) is 0 Å². The van der Waals surface area contributed by atoms with Crippen LogP contribution in [0.5, 0.6) is 0 Å². The van der Waals surface area contributed by atoms with Gasteiger partial charge in [0.2, 0.25) is 0 Å². The van der Waals surface area contributed by atoms with Crippen molar-refractivity contribution in [2.45, 2.75) is 24.9 Å². The van der Waals surface area contributed by atoms with Crippen LogP contribution < -0.4 is 11.4 Å². The second-order valence-corrected chi connectivity index (χ2v) is 5.46. The fourth-order valence-corrected chi connectivity index (χ4v) is 3.41. The highest BCUT2D eigenvalue weighted by Gasteiger charge is 2.37. The molecule has 102 valence electrons. The predicted octanol–water partition coefficient (Wildman–Crippen LogP) is 1.32. The maximum Gasteiger partial charge on any atom is 0.347 e. The Morgan fingerprint density at radius 1 is 1.00 bits per heavy atom. The highest BCUT2D eigenvalue weighted by molar-refractivity contribution is 5.70. The molecule has 0 saturated carbocycles. The van der Waals surface area contributed by atoms with E-state index in [0.717, 1.165) is 24.0 Å². The first kappa shape index (κ1) is 11.5. The molecule has 0 amide bonds. The molecule has 3 aliphatic rings. The minimum absolute atomic E-state index is 0.00314. The molecule has 3 heterocycles. The van der Waals surface area contributed by atoms with E-state index in [0.29, 0.717) is 0 Å². The molecule has 1 aromatic carbocycles. The zero-order chi connectivity index (χ0) is 13.9. The molecule has 0 fully saturated rings. The molecule has 0 saturated heterocycles. The lowest BCUT2D eigenvalue weighted by molar-refractivity contribution is 0.266. The first-order valence-corrected chi connectivity index (χ1v) is 6.85. The Morgan fingerprint density at radius 3 is 2.45 bits per heavy atom. The average molecular weight is 269 g/mol. The van der Waals surface area contributed by atoms with Crippen molar-refractivity contribution in [3.63, 3.8) is 0 Å². The minimum atomic E-state index is -0.216. The molecule has 0 N–H and O–H groups in total. The number of aromatic nitrogens is 3. The maximum absolute atomic E-state index is 12.3. The summed E-state index contributed by atoms with van der Waals surface area (Å²) in [4.78, 5) is 24.4. The Bertz CT molecular complexity index is 823. The van der Waals surface area contributed by atoms with Gasteiger partial charge >= 0.3 is 11.4 Å². The highest BCUT2D eigenvalue weighted by Crippen LogP contribution is 2.42. The van der Waals surface area contributed by atoms with Gasteiger partial charge in [0.15, 0.2) is 0 Å². The van der Waals surface area contributed by atoms with Gasteiger partial charge in [0.25, 0.3) is 0 Å². The molecule has 0 spiro atoms. The summed E-state index contributed by atoms with van der Waals surface area (Å²) < 4.78 is 4.45. The van der Waals surface area contributed by atoms with Crippen LogP contribution in [0.25, 0.3) is 5.57 Å². The van der Waals surface area contributed by atoms with Crippen LogP contribution in [0.4, 0.5) is 0 Å². The van der Waals surface area contributed by atoms with Crippen molar-refractivity contribution in [1.29, 1.82) is 0 Å². The van der Waals surface area contributed by atoms with Gasteiger partial charge in [-0.05, 0) is 24.0 Å². The van der Waals surface area contributed by atoms with E-state index in [2.05, 4.69) is 18.2 Å². The summed E-state index contributed by atoms with van der Waals surface area (Å²) in [5.41, 5.74) is 1.87. The van der Waals surface area contributed by atoms with E-state index in [4.69, 9.17) is 0 Å². The normalized spacial score (nSPS) is 23.6. The topological polar surface area (TPSA) is 48.9 Å². The second-order valence-electron chi connectivity index (χ2n) is 5.46. The summed E-state index contributed by atoms with van der Waals surface area (Å²) in [6.45, 7) is 0. The molecule has 2 atom stereocenters. The molecule has 5 heteroatoms. The van der Waals surface area contributed by atoms with Crippen LogP contribution in [0.2, 0.25) is 0 Å². The average Bonchev–Trinajstić information content (AvgIpc) is 2.75. The van der Waals surface area contributed by atoms with Crippen molar-refractivity contribution >= 4 is 5.57 Å². The van der Waals surface area contributed by atoms with Gasteiger partial charge in [-0.15, -0.1) is 0 Å². The first-order chi connectivity index (χ1) is 9.68. The molecule has 1 aliphatic carbocycles. The molecule has 20 heavy (non-hydrogen) atoms. The van der Waals surface area contributed by atoms with Crippen LogP contribution in [0.3, 0.4) is 0 Å². The number of nitrogens with zero attached hydrogens (tertiary/aromatic N) is 3. The highest BCUT2D eigenvalue weighted by atomic mass is 16.2. The quantitative estimate of drug-likeness (QED) is 0.784. The van der Waals surface area contributed by atoms with Gasteiger partial charge in [0, 0.05) is 7.05 Å². The largest absolute Gasteiger partial charge is 0.347 e. The lowest BCUT2D eigenvalue weighted by Gasteiger charge is -2.37. The molecule has 0 radical (unpaired) electrons. The third kappa shape index (κ3) is 1.32. The smallest absolute Gasteiger partial charge is 0.246 e. The molecule has 2 aromatic rings. The number of rotatable bonds is 1. The fourth-order valence-electron chi connectivity index (χ4n) is 3.41. The predicted molar refractivity (Wildman–Crippen MR) is 75.7 cm³/mol. The van der Waals surface area contributed by atoms with E-state index in [1.165, 1.54) is 4.57 Å². The number of hydrogen-bond donors (Lipinski definition) is 0. The number of fused-ring (bicyclic) bond motifs is 1. The van der Waals surface area contributed by atoms with Crippen molar-refractivity contribution in [2.75, 3.05) is 0 Å². The summed E-state index contributed by atoms with van der Waals surface area (Å²) in [5, 5.41) is 0. The summed E-state index contributed by atoms with van der Waals surface area (Å²) in [6, 6.07) is 10.1.